The van der Waals surface area contributed by atoms with Gasteiger partial charge in [0.2, 0.25) is 0 Å². The van der Waals surface area contributed by atoms with Crippen molar-refractivity contribution in [2.45, 2.75) is 45.1 Å². The predicted molar refractivity (Wildman–Crippen MR) is 80.2 cm³/mol. The Morgan fingerprint density at radius 3 is 2.44 bits per heavy atom. The van der Waals surface area contributed by atoms with Crippen molar-refractivity contribution in [3.05, 3.63) is 35.9 Å². The van der Waals surface area contributed by atoms with Gasteiger partial charge in [-0.15, -0.1) is 0 Å². The molecular formula is C16H24OS. The van der Waals surface area contributed by atoms with E-state index in [1.54, 1.807) is 0 Å². The maximum absolute atomic E-state index is 6.11. The first-order valence-corrected chi connectivity index (χ1v) is 7.66. The minimum Gasteiger partial charge on any atom is -0.373 e. The zero-order valence-electron chi connectivity index (χ0n) is 11.3. The summed E-state index contributed by atoms with van der Waals surface area (Å²) in [4.78, 5) is 0. The van der Waals surface area contributed by atoms with Gasteiger partial charge >= 0.3 is 0 Å². The van der Waals surface area contributed by atoms with Crippen molar-refractivity contribution < 1.29 is 4.74 Å². The Morgan fingerprint density at radius 2 is 1.83 bits per heavy atom. The third-order valence-electron chi connectivity index (χ3n) is 4.16. The molecule has 0 bridgehead atoms. The monoisotopic (exact) mass is 264 g/mol. The van der Waals surface area contributed by atoms with Gasteiger partial charge in [-0.25, -0.2) is 0 Å². The number of benzene rings is 1. The molecule has 18 heavy (non-hydrogen) atoms. The van der Waals surface area contributed by atoms with E-state index >= 15 is 0 Å². The lowest BCUT2D eigenvalue weighted by Gasteiger charge is -2.36. The van der Waals surface area contributed by atoms with Gasteiger partial charge in [0.1, 0.15) is 0 Å². The van der Waals surface area contributed by atoms with Crippen molar-refractivity contribution in [3.8, 4) is 0 Å². The van der Waals surface area contributed by atoms with E-state index < -0.39 is 0 Å². The number of hydrogen-bond donors (Lipinski definition) is 1. The third kappa shape index (κ3) is 3.52. The van der Waals surface area contributed by atoms with Crippen LogP contribution in [0, 0.1) is 5.41 Å². The SMILES string of the molecule is CC(OCC1(CS)CCCCC1)c1ccccc1. The lowest BCUT2D eigenvalue weighted by Crippen LogP contribution is -2.32. The quantitative estimate of drug-likeness (QED) is 0.762. The van der Waals surface area contributed by atoms with Gasteiger partial charge in [-0.2, -0.15) is 12.6 Å². The van der Waals surface area contributed by atoms with Crippen molar-refractivity contribution in [1.29, 1.82) is 0 Å². The van der Waals surface area contributed by atoms with Gasteiger partial charge < -0.3 is 4.74 Å². The molecule has 2 heteroatoms. The van der Waals surface area contributed by atoms with Crippen LogP contribution in [0.4, 0.5) is 0 Å². The molecule has 0 heterocycles. The maximum Gasteiger partial charge on any atom is 0.0797 e. The van der Waals surface area contributed by atoms with Gasteiger partial charge in [-0.1, -0.05) is 49.6 Å². The molecule has 1 unspecified atom stereocenters. The summed E-state index contributed by atoms with van der Waals surface area (Å²) >= 11 is 4.56. The maximum atomic E-state index is 6.11. The standard InChI is InChI=1S/C16H24OS/c1-14(15-8-4-2-5-9-15)17-12-16(13-18)10-6-3-7-11-16/h2,4-5,8-9,14,18H,3,6-7,10-13H2,1H3. The van der Waals surface area contributed by atoms with Gasteiger partial charge in [0.15, 0.2) is 0 Å². The first-order chi connectivity index (χ1) is 8.76. The molecule has 2 rings (SSSR count). The minimum atomic E-state index is 0.185. The molecule has 1 nitrogen and oxygen atoms in total. The topological polar surface area (TPSA) is 9.23 Å². The molecule has 1 fully saturated rings. The second kappa shape index (κ2) is 6.63. The summed E-state index contributed by atoms with van der Waals surface area (Å²) in [6.45, 7) is 3.00. The van der Waals surface area contributed by atoms with Crippen molar-refractivity contribution in [1.82, 2.24) is 0 Å². The first-order valence-electron chi connectivity index (χ1n) is 7.03. The molecule has 1 aliphatic carbocycles. The summed E-state index contributed by atoms with van der Waals surface area (Å²) in [5, 5.41) is 0. The Hall–Kier alpha value is -0.470. The van der Waals surface area contributed by atoms with E-state index in [1.165, 1.54) is 37.7 Å². The summed E-state index contributed by atoms with van der Waals surface area (Å²) in [5.41, 5.74) is 1.59. The highest BCUT2D eigenvalue weighted by molar-refractivity contribution is 7.80. The Morgan fingerprint density at radius 1 is 1.17 bits per heavy atom. The van der Waals surface area contributed by atoms with Crippen LogP contribution in [0.25, 0.3) is 0 Å². The van der Waals surface area contributed by atoms with Crippen LogP contribution in [0.3, 0.4) is 0 Å². The number of rotatable bonds is 5. The van der Waals surface area contributed by atoms with E-state index in [1.807, 2.05) is 6.07 Å². The van der Waals surface area contributed by atoms with Crippen LogP contribution in [0.15, 0.2) is 30.3 Å². The predicted octanol–water partition coefficient (Wildman–Crippen LogP) is 4.64. The lowest BCUT2D eigenvalue weighted by molar-refractivity contribution is -0.00832. The van der Waals surface area contributed by atoms with E-state index in [4.69, 9.17) is 4.74 Å². The molecule has 1 aromatic rings. The normalized spacial score (nSPS) is 20.6. The largest absolute Gasteiger partial charge is 0.373 e. The second-order valence-corrected chi connectivity index (χ2v) is 5.90. The molecule has 0 amide bonds. The van der Waals surface area contributed by atoms with Gasteiger partial charge in [0.25, 0.3) is 0 Å². The third-order valence-corrected chi connectivity index (χ3v) is 4.83. The van der Waals surface area contributed by atoms with E-state index in [9.17, 15) is 0 Å². The molecule has 0 aliphatic heterocycles. The van der Waals surface area contributed by atoms with Crippen LogP contribution < -0.4 is 0 Å². The molecule has 0 aromatic heterocycles. The Labute approximate surface area is 116 Å². The minimum absolute atomic E-state index is 0.185. The zero-order chi connectivity index (χ0) is 12.8. The van der Waals surface area contributed by atoms with E-state index in [2.05, 4.69) is 43.8 Å². The highest BCUT2D eigenvalue weighted by Crippen LogP contribution is 2.38. The molecule has 1 saturated carbocycles. The molecule has 0 spiro atoms. The highest BCUT2D eigenvalue weighted by atomic mass is 32.1. The van der Waals surface area contributed by atoms with Crippen LogP contribution >= 0.6 is 12.6 Å². The fourth-order valence-corrected chi connectivity index (χ4v) is 3.18. The molecule has 0 N–H and O–H groups in total. The smallest absolute Gasteiger partial charge is 0.0797 e. The summed E-state index contributed by atoms with van der Waals surface area (Å²) < 4.78 is 6.11. The molecule has 1 atom stereocenters. The molecular weight excluding hydrogens is 240 g/mol. The van der Waals surface area contributed by atoms with Gasteiger partial charge in [0, 0.05) is 5.41 Å². The Balaban J connectivity index is 1.90. The molecule has 1 aromatic carbocycles. The summed E-state index contributed by atoms with van der Waals surface area (Å²) in [5.74, 6) is 0.953. The van der Waals surface area contributed by atoms with Gasteiger partial charge in [-0.05, 0) is 31.1 Å². The average molecular weight is 264 g/mol. The molecule has 0 radical (unpaired) electrons. The average Bonchev–Trinajstić information content (AvgIpc) is 2.47. The Bertz CT molecular complexity index is 343. The van der Waals surface area contributed by atoms with Crippen LogP contribution in [0.5, 0.6) is 0 Å². The second-order valence-electron chi connectivity index (χ2n) is 5.58. The highest BCUT2D eigenvalue weighted by Gasteiger charge is 2.31. The molecule has 0 saturated heterocycles. The first kappa shape index (κ1) is 14.0. The fraction of sp³-hybridized carbons (Fsp3) is 0.625. The van der Waals surface area contributed by atoms with Crippen molar-refractivity contribution in [3.63, 3.8) is 0 Å². The molecule has 100 valence electrons. The van der Waals surface area contributed by atoms with Gasteiger partial charge in [-0.3, -0.25) is 0 Å². The lowest BCUT2D eigenvalue weighted by atomic mass is 9.76. The number of ether oxygens (including phenoxy) is 1. The van der Waals surface area contributed by atoms with Crippen molar-refractivity contribution in [2.75, 3.05) is 12.4 Å². The van der Waals surface area contributed by atoms with Crippen molar-refractivity contribution in [2.24, 2.45) is 5.41 Å². The van der Waals surface area contributed by atoms with E-state index in [-0.39, 0.29) is 6.10 Å². The van der Waals surface area contributed by atoms with E-state index in [0.29, 0.717) is 5.41 Å². The number of thiol groups is 1. The van der Waals surface area contributed by atoms with Crippen LogP contribution in [-0.2, 0) is 4.74 Å². The van der Waals surface area contributed by atoms with Crippen molar-refractivity contribution >= 4 is 12.6 Å². The fourth-order valence-electron chi connectivity index (χ4n) is 2.77. The van der Waals surface area contributed by atoms with Gasteiger partial charge in [0.05, 0.1) is 12.7 Å². The van der Waals surface area contributed by atoms with E-state index in [0.717, 1.165) is 12.4 Å². The summed E-state index contributed by atoms with van der Waals surface area (Å²) in [6.07, 6.45) is 6.79. The number of hydrogen-bond acceptors (Lipinski definition) is 2. The molecule has 1 aliphatic rings. The van der Waals surface area contributed by atoms with Crippen LogP contribution in [0.2, 0.25) is 0 Å². The zero-order valence-corrected chi connectivity index (χ0v) is 12.2. The summed E-state index contributed by atoms with van der Waals surface area (Å²) in [6, 6.07) is 10.5. The van der Waals surface area contributed by atoms with Crippen LogP contribution in [-0.4, -0.2) is 12.4 Å². The Kier molecular flexibility index (Phi) is 5.13. The summed E-state index contributed by atoms with van der Waals surface area (Å²) in [7, 11) is 0. The van der Waals surface area contributed by atoms with Crippen LogP contribution in [0.1, 0.15) is 50.7 Å².